The predicted octanol–water partition coefficient (Wildman–Crippen LogP) is 4.95. The van der Waals surface area contributed by atoms with E-state index in [9.17, 15) is 0 Å². The van der Waals surface area contributed by atoms with Gasteiger partial charge in [0.1, 0.15) is 0 Å². The maximum absolute atomic E-state index is 5.97. The summed E-state index contributed by atoms with van der Waals surface area (Å²) in [5.74, 6) is 0.916. The molecule has 3 heterocycles. The van der Waals surface area contributed by atoms with E-state index in [2.05, 4.69) is 94.6 Å². The standard InChI is InChI=1S/C22H15BN2O/c1-2-8-16(9-3-1)24-20-12-6-7-13-21(20)25-22-18(14-15-26-22)17-10-4-5-11-19(17)23(24)25/h1-15H. The van der Waals surface area contributed by atoms with E-state index in [0.717, 1.165) is 11.4 Å². The molecule has 0 saturated heterocycles. The lowest BCUT2D eigenvalue weighted by Gasteiger charge is -2.33. The Morgan fingerprint density at radius 3 is 2.15 bits per heavy atom. The van der Waals surface area contributed by atoms with Crippen LogP contribution in [-0.2, 0) is 0 Å². The highest BCUT2D eigenvalue weighted by atomic mass is 16.3. The first-order valence-corrected chi connectivity index (χ1v) is 8.83. The van der Waals surface area contributed by atoms with Crippen molar-refractivity contribution in [3.8, 4) is 11.1 Å². The van der Waals surface area contributed by atoms with Gasteiger partial charge in [0.15, 0.2) is 5.88 Å². The Morgan fingerprint density at radius 1 is 0.615 bits per heavy atom. The van der Waals surface area contributed by atoms with E-state index in [4.69, 9.17) is 4.42 Å². The average molecular weight is 334 g/mol. The van der Waals surface area contributed by atoms with Crippen LogP contribution in [-0.4, -0.2) is 6.98 Å². The zero-order chi connectivity index (χ0) is 17.1. The van der Waals surface area contributed by atoms with E-state index in [1.807, 2.05) is 0 Å². The van der Waals surface area contributed by atoms with Gasteiger partial charge in [0.25, 0.3) is 0 Å². The summed E-state index contributed by atoms with van der Waals surface area (Å²) in [5, 5.41) is 0. The van der Waals surface area contributed by atoms with Gasteiger partial charge in [-0.2, -0.15) is 0 Å². The maximum atomic E-state index is 5.97. The molecule has 4 aromatic rings. The molecule has 0 unspecified atom stereocenters. The molecule has 0 N–H and O–H groups in total. The van der Waals surface area contributed by atoms with E-state index in [1.165, 1.54) is 28.1 Å². The van der Waals surface area contributed by atoms with Gasteiger partial charge >= 0.3 is 6.98 Å². The summed E-state index contributed by atoms with van der Waals surface area (Å²) < 4.78 is 5.97. The van der Waals surface area contributed by atoms with Crippen LogP contribution >= 0.6 is 0 Å². The molecule has 0 aliphatic carbocycles. The molecule has 0 radical (unpaired) electrons. The monoisotopic (exact) mass is 334 g/mol. The molecule has 122 valence electrons. The Morgan fingerprint density at radius 2 is 1.31 bits per heavy atom. The summed E-state index contributed by atoms with van der Waals surface area (Å²) in [6.45, 7) is 0.0460. The molecular weight excluding hydrogens is 319 g/mol. The molecule has 0 spiro atoms. The molecular formula is C22H15BN2O. The lowest BCUT2D eigenvalue weighted by atomic mass is 9.60. The largest absolute Gasteiger partial charge is 0.449 e. The number of anilines is 4. The molecule has 6 rings (SSSR count). The van der Waals surface area contributed by atoms with Crippen molar-refractivity contribution in [1.82, 2.24) is 0 Å². The second-order valence-corrected chi connectivity index (χ2v) is 6.66. The van der Waals surface area contributed by atoms with E-state index < -0.39 is 0 Å². The quantitative estimate of drug-likeness (QED) is 0.460. The molecule has 2 aliphatic heterocycles. The van der Waals surface area contributed by atoms with E-state index in [1.54, 1.807) is 6.26 Å². The SMILES string of the molecule is c1ccc(N2B3c4ccccc4-c4ccoc4N3c3ccccc32)cc1. The fraction of sp³-hybridized carbons (Fsp3) is 0. The van der Waals surface area contributed by atoms with Crippen LogP contribution in [0.2, 0.25) is 0 Å². The zero-order valence-corrected chi connectivity index (χ0v) is 14.0. The maximum Gasteiger partial charge on any atom is 0.423 e. The van der Waals surface area contributed by atoms with Crippen molar-refractivity contribution >= 4 is 35.4 Å². The molecule has 1 aromatic heterocycles. The van der Waals surface area contributed by atoms with Gasteiger partial charge in [0.05, 0.1) is 17.6 Å². The summed E-state index contributed by atoms with van der Waals surface area (Å²) in [5.41, 5.74) is 7.24. The first kappa shape index (κ1) is 13.8. The average Bonchev–Trinajstić information content (AvgIpc) is 3.32. The number of fused-ring (bicyclic) bond motifs is 8. The van der Waals surface area contributed by atoms with Crippen LogP contribution in [0.25, 0.3) is 11.1 Å². The van der Waals surface area contributed by atoms with Gasteiger partial charge < -0.3 is 14.0 Å². The molecule has 2 aliphatic rings. The van der Waals surface area contributed by atoms with Crippen molar-refractivity contribution in [2.45, 2.75) is 0 Å². The third kappa shape index (κ3) is 1.68. The minimum Gasteiger partial charge on any atom is -0.449 e. The predicted molar refractivity (Wildman–Crippen MR) is 107 cm³/mol. The molecule has 4 heteroatoms. The van der Waals surface area contributed by atoms with Crippen molar-refractivity contribution in [3.63, 3.8) is 0 Å². The van der Waals surface area contributed by atoms with Crippen LogP contribution in [0, 0.1) is 0 Å². The van der Waals surface area contributed by atoms with Crippen LogP contribution in [0.3, 0.4) is 0 Å². The van der Waals surface area contributed by atoms with Gasteiger partial charge in [-0.05, 0) is 41.4 Å². The van der Waals surface area contributed by atoms with Crippen molar-refractivity contribution < 1.29 is 4.42 Å². The van der Waals surface area contributed by atoms with Crippen LogP contribution in [0.4, 0.5) is 22.9 Å². The molecule has 0 saturated carbocycles. The van der Waals surface area contributed by atoms with Crippen molar-refractivity contribution in [1.29, 1.82) is 0 Å². The molecule has 3 nitrogen and oxygen atoms in total. The third-order valence-corrected chi connectivity index (χ3v) is 5.32. The van der Waals surface area contributed by atoms with Gasteiger partial charge in [-0.25, -0.2) is 0 Å². The number of hydrogen-bond acceptors (Lipinski definition) is 3. The summed E-state index contributed by atoms with van der Waals surface area (Å²) >= 11 is 0. The van der Waals surface area contributed by atoms with Crippen LogP contribution in [0.1, 0.15) is 0 Å². The molecule has 26 heavy (non-hydrogen) atoms. The fourth-order valence-electron chi connectivity index (χ4n) is 4.28. The number of hydrogen-bond donors (Lipinski definition) is 0. The van der Waals surface area contributed by atoms with Crippen LogP contribution in [0.5, 0.6) is 0 Å². The van der Waals surface area contributed by atoms with Crippen molar-refractivity contribution in [2.75, 3.05) is 9.62 Å². The normalized spacial score (nSPS) is 13.9. The highest BCUT2D eigenvalue weighted by Crippen LogP contribution is 2.50. The number of benzene rings is 3. The minimum atomic E-state index is 0.0460. The van der Waals surface area contributed by atoms with E-state index in [-0.39, 0.29) is 6.98 Å². The van der Waals surface area contributed by atoms with Gasteiger partial charge in [-0.15, -0.1) is 0 Å². The third-order valence-electron chi connectivity index (χ3n) is 5.32. The van der Waals surface area contributed by atoms with Gasteiger partial charge in [0, 0.05) is 11.3 Å². The topological polar surface area (TPSA) is 19.6 Å². The molecule has 0 amide bonds. The highest BCUT2D eigenvalue weighted by molar-refractivity contribution is 6.86. The number of nitrogens with zero attached hydrogens (tertiary/aromatic N) is 2. The second-order valence-electron chi connectivity index (χ2n) is 6.66. The first-order valence-electron chi connectivity index (χ1n) is 8.83. The fourth-order valence-corrected chi connectivity index (χ4v) is 4.28. The van der Waals surface area contributed by atoms with Crippen LogP contribution in [0.15, 0.2) is 95.6 Å². The van der Waals surface area contributed by atoms with Crippen LogP contribution < -0.4 is 15.1 Å². The second kappa shape index (κ2) is 5.05. The van der Waals surface area contributed by atoms with Gasteiger partial charge in [0.2, 0.25) is 0 Å². The smallest absolute Gasteiger partial charge is 0.423 e. The lowest BCUT2D eigenvalue weighted by molar-refractivity contribution is 0.578. The number of furan rings is 1. The Balaban J connectivity index is 1.69. The molecule has 3 aromatic carbocycles. The summed E-state index contributed by atoms with van der Waals surface area (Å²) in [7, 11) is 0. The Bertz CT molecular complexity index is 1120. The number of para-hydroxylation sites is 3. The van der Waals surface area contributed by atoms with E-state index in [0.29, 0.717) is 0 Å². The van der Waals surface area contributed by atoms with Gasteiger partial charge in [-0.1, -0.05) is 54.6 Å². The summed E-state index contributed by atoms with van der Waals surface area (Å²) in [6.07, 6.45) is 1.79. The van der Waals surface area contributed by atoms with Crippen molar-refractivity contribution in [3.05, 3.63) is 91.2 Å². The van der Waals surface area contributed by atoms with E-state index >= 15 is 0 Å². The minimum absolute atomic E-state index is 0.0460. The molecule has 0 bridgehead atoms. The lowest BCUT2D eigenvalue weighted by Crippen LogP contribution is -2.55. The Labute approximate surface area is 152 Å². The first-order chi connectivity index (χ1) is 12.9. The highest BCUT2D eigenvalue weighted by Gasteiger charge is 2.48. The van der Waals surface area contributed by atoms with Crippen molar-refractivity contribution in [2.24, 2.45) is 0 Å². The molecule has 0 fully saturated rings. The zero-order valence-electron chi connectivity index (χ0n) is 14.0. The Kier molecular flexibility index (Phi) is 2.69. The number of rotatable bonds is 1. The van der Waals surface area contributed by atoms with Gasteiger partial charge in [-0.3, -0.25) is 0 Å². The molecule has 0 atom stereocenters. The Hall–Kier alpha value is -3.40. The summed E-state index contributed by atoms with van der Waals surface area (Å²) in [6, 6.07) is 29.8. The summed E-state index contributed by atoms with van der Waals surface area (Å²) in [4.78, 5) is 4.72.